The van der Waals surface area contributed by atoms with E-state index in [-0.39, 0.29) is 0 Å². The Morgan fingerprint density at radius 1 is 1.12 bits per heavy atom. The Morgan fingerprint density at radius 2 is 1.96 bits per heavy atom. The summed E-state index contributed by atoms with van der Waals surface area (Å²) in [6, 6.07) is 16.6. The molecule has 0 spiro atoms. The highest BCUT2D eigenvalue weighted by Crippen LogP contribution is 2.27. The zero-order valence-electron chi connectivity index (χ0n) is 13.9. The highest BCUT2D eigenvalue weighted by atomic mass is 32.1. The molecule has 0 fully saturated rings. The molecule has 0 amide bonds. The van der Waals surface area contributed by atoms with E-state index in [1.54, 1.807) is 18.4 Å². The van der Waals surface area contributed by atoms with E-state index in [1.165, 1.54) is 10.3 Å². The molecule has 0 saturated carbocycles. The Morgan fingerprint density at radius 3 is 2.71 bits per heavy atom. The van der Waals surface area contributed by atoms with Crippen LogP contribution in [0.25, 0.3) is 10.2 Å². The summed E-state index contributed by atoms with van der Waals surface area (Å²) in [6.45, 7) is 3.37. The lowest BCUT2D eigenvalue weighted by molar-refractivity contribution is 0.276. The number of aromatic nitrogens is 1. The van der Waals surface area contributed by atoms with E-state index < -0.39 is 0 Å². The Labute approximate surface area is 146 Å². The number of fused-ring (bicyclic) bond motifs is 1. The monoisotopic (exact) mass is 341 g/mol. The van der Waals surface area contributed by atoms with Crippen LogP contribution in [0.1, 0.15) is 10.6 Å². The summed E-state index contributed by atoms with van der Waals surface area (Å²) in [5.41, 5.74) is 8.18. The van der Waals surface area contributed by atoms with Crippen molar-refractivity contribution < 1.29 is 4.74 Å². The van der Waals surface area contributed by atoms with Gasteiger partial charge in [0.1, 0.15) is 10.8 Å². The number of nitrogens with zero attached hydrogens (tertiary/aromatic N) is 2. The Balaban J connectivity index is 1.68. The van der Waals surface area contributed by atoms with Crippen molar-refractivity contribution in [2.24, 2.45) is 5.73 Å². The van der Waals surface area contributed by atoms with Gasteiger partial charge >= 0.3 is 0 Å². The van der Waals surface area contributed by atoms with Crippen LogP contribution in [0.4, 0.5) is 0 Å². The largest absolute Gasteiger partial charge is 0.497 e. The summed E-state index contributed by atoms with van der Waals surface area (Å²) in [4.78, 5) is 7.12. The lowest BCUT2D eigenvalue weighted by Gasteiger charge is -2.20. The first-order valence-corrected chi connectivity index (χ1v) is 9.00. The summed E-state index contributed by atoms with van der Waals surface area (Å²) >= 11 is 1.73. The fraction of sp³-hybridized carbons (Fsp3) is 0.316. The first-order chi connectivity index (χ1) is 11.8. The van der Waals surface area contributed by atoms with Crippen LogP contribution in [-0.2, 0) is 13.0 Å². The van der Waals surface area contributed by atoms with Gasteiger partial charge in [0.25, 0.3) is 0 Å². The summed E-state index contributed by atoms with van der Waals surface area (Å²) in [5, 5.41) is 1.12. The first-order valence-electron chi connectivity index (χ1n) is 8.18. The fourth-order valence-corrected chi connectivity index (χ4v) is 3.76. The molecule has 0 aliphatic carbocycles. The number of nitrogens with two attached hydrogens (primary N) is 1. The lowest BCUT2D eigenvalue weighted by atomic mass is 10.1. The standard InChI is InChI=1S/C19H23N3OS/c1-23-16-7-8-17-18(13-16)24-19(21-17)14-22(12-10-20)11-9-15-5-3-2-4-6-15/h2-8,13H,9-12,14,20H2,1H3. The molecule has 3 rings (SSSR count). The van der Waals surface area contributed by atoms with E-state index in [1.807, 2.05) is 18.2 Å². The molecule has 24 heavy (non-hydrogen) atoms. The molecular weight excluding hydrogens is 318 g/mol. The molecule has 0 bridgehead atoms. The van der Waals surface area contributed by atoms with Crippen LogP contribution in [0.2, 0.25) is 0 Å². The molecule has 0 aliphatic heterocycles. The van der Waals surface area contributed by atoms with E-state index in [4.69, 9.17) is 15.5 Å². The summed E-state index contributed by atoms with van der Waals surface area (Å²) < 4.78 is 6.46. The minimum atomic E-state index is 0.660. The predicted octanol–water partition coefficient (Wildman–Crippen LogP) is 3.31. The van der Waals surface area contributed by atoms with Gasteiger partial charge in [-0.25, -0.2) is 4.98 Å². The normalized spacial score (nSPS) is 11.3. The van der Waals surface area contributed by atoms with Gasteiger partial charge in [-0.2, -0.15) is 0 Å². The van der Waals surface area contributed by atoms with Crippen LogP contribution in [0.15, 0.2) is 48.5 Å². The van der Waals surface area contributed by atoms with Crippen molar-refractivity contribution in [3.05, 3.63) is 59.1 Å². The molecule has 1 heterocycles. The van der Waals surface area contributed by atoms with Gasteiger partial charge in [-0.05, 0) is 30.2 Å². The summed E-state index contributed by atoms with van der Waals surface area (Å²) in [7, 11) is 1.69. The summed E-state index contributed by atoms with van der Waals surface area (Å²) in [5.74, 6) is 0.876. The highest BCUT2D eigenvalue weighted by molar-refractivity contribution is 7.18. The van der Waals surface area contributed by atoms with Gasteiger partial charge in [0.2, 0.25) is 0 Å². The molecule has 0 radical (unpaired) electrons. The highest BCUT2D eigenvalue weighted by Gasteiger charge is 2.10. The quantitative estimate of drug-likeness (QED) is 0.683. The van der Waals surface area contributed by atoms with Crippen molar-refractivity contribution >= 4 is 21.6 Å². The zero-order valence-corrected chi connectivity index (χ0v) is 14.8. The molecule has 4 nitrogen and oxygen atoms in total. The minimum absolute atomic E-state index is 0.660. The Kier molecular flexibility index (Phi) is 5.80. The van der Waals surface area contributed by atoms with Crippen molar-refractivity contribution in [1.82, 2.24) is 9.88 Å². The Hall–Kier alpha value is -1.95. The van der Waals surface area contributed by atoms with Crippen molar-refractivity contribution in [2.45, 2.75) is 13.0 Å². The molecule has 0 saturated heterocycles. The van der Waals surface area contributed by atoms with Gasteiger partial charge in [0.05, 0.1) is 23.9 Å². The SMILES string of the molecule is COc1ccc2nc(CN(CCN)CCc3ccccc3)sc2c1. The average Bonchev–Trinajstić information content (AvgIpc) is 3.02. The number of rotatable bonds is 8. The van der Waals surface area contributed by atoms with Crippen LogP contribution < -0.4 is 10.5 Å². The van der Waals surface area contributed by atoms with Gasteiger partial charge < -0.3 is 10.5 Å². The number of thiazole rings is 1. The number of methoxy groups -OCH3 is 1. The van der Waals surface area contributed by atoms with E-state index >= 15 is 0 Å². The maximum Gasteiger partial charge on any atom is 0.120 e. The van der Waals surface area contributed by atoms with Gasteiger partial charge in [0, 0.05) is 19.6 Å². The third-order valence-electron chi connectivity index (χ3n) is 4.00. The summed E-state index contributed by atoms with van der Waals surface area (Å²) in [6.07, 6.45) is 1.03. The van der Waals surface area contributed by atoms with Crippen LogP contribution in [-0.4, -0.2) is 36.6 Å². The number of benzene rings is 2. The van der Waals surface area contributed by atoms with Gasteiger partial charge in [0.15, 0.2) is 0 Å². The molecule has 126 valence electrons. The lowest BCUT2D eigenvalue weighted by Crippen LogP contribution is -2.31. The predicted molar refractivity (Wildman–Crippen MR) is 101 cm³/mol. The van der Waals surface area contributed by atoms with Crippen molar-refractivity contribution in [3.8, 4) is 5.75 Å². The van der Waals surface area contributed by atoms with E-state index in [0.29, 0.717) is 6.54 Å². The molecule has 1 aromatic heterocycles. The van der Waals surface area contributed by atoms with E-state index in [0.717, 1.165) is 42.3 Å². The van der Waals surface area contributed by atoms with Crippen molar-refractivity contribution in [1.29, 1.82) is 0 Å². The molecule has 3 aromatic rings. The number of hydrogen-bond donors (Lipinski definition) is 1. The van der Waals surface area contributed by atoms with Crippen LogP contribution in [0, 0.1) is 0 Å². The third-order valence-corrected chi connectivity index (χ3v) is 5.01. The zero-order chi connectivity index (χ0) is 16.8. The molecule has 2 N–H and O–H groups in total. The van der Waals surface area contributed by atoms with Gasteiger partial charge in [-0.15, -0.1) is 11.3 Å². The number of ether oxygens (including phenoxy) is 1. The molecule has 5 heteroatoms. The van der Waals surface area contributed by atoms with Crippen LogP contribution in [0.3, 0.4) is 0 Å². The van der Waals surface area contributed by atoms with E-state index in [9.17, 15) is 0 Å². The van der Waals surface area contributed by atoms with Gasteiger partial charge in [-0.3, -0.25) is 4.90 Å². The molecule has 2 aromatic carbocycles. The fourth-order valence-electron chi connectivity index (χ4n) is 2.72. The molecule has 0 unspecified atom stereocenters. The Bertz CT molecular complexity index is 773. The molecule has 0 atom stereocenters. The van der Waals surface area contributed by atoms with Gasteiger partial charge in [-0.1, -0.05) is 30.3 Å². The second-order valence-corrected chi connectivity index (χ2v) is 6.86. The van der Waals surface area contributed by atoms with Crippen LogP contribution >= 0.6 is 11.3 Å². The van der Waals surface area contributed by atoms with E-state index in [2.05, 4.69) is 35.2 Å². The first kappa shape index (κ1) is 16.9. The third kappa shape index (κ3) is 4.32. The number of hydrogen-bond acceptors (Lipinski definition) is 5. The maximum atomic E-state index is 5.79. The topological polar surface area (TPSA) is 51.4 Å². The maximum absolute atomic E-state index is 5.79. The second-order valence-electron chi connectivity index (χ2n) is 5.74. The molecule has 0 aliphatic rings. The average molecular weight is 341 g/mol. The van der Waals surface area contributed by atoms with Crippen molar-refractivity contribution in [2.75, 3.05) is 26.7 Å². The van der Waals surface area contributed by atoms with Crippen molar-refractivity contribution in [3.63, 3.8) is 0 Å². The second kappa shape index (κ2) is 8.24. The minimum Gasteiger partial charge on any atom is -0.497 e. The van der Waals surface area contributed by atoms with Crippen LogP contribution in [0.5, 0.6) is 5.75 Å². The molecular formula is C19H23N3OS. The smallest absolute Gasteiger partial charge is 0.120 e.